The highest BCUT2D eigenvalue weighted by molar-refractivity contribution is 7.66. The summed E-state index contributed by atoms with van der Waals surface area (Å²) in [5, 5.41) is 10.3. The molecule has 1 aliphatic rings. The van der Waals surface area contributed by atoms with Gasteiger partial charge in [-0.2, -0.15) is 8.62 Å². The maximum Gasteiger partial charge on any atom is 0.490 e. The molecule has 2 aromatic rings. The SMILES string of the molecule is C#C[C@]1(COP(=O)(O)OP(=O)(O)OP(=O)(O)O)OC(n2cc(F)c3c(N)ncnc32)CC1O. The van der Waals surface area contributed by atoms with E-state index in [1.54, 1.807) is 0 Å². The van der Waals surface area contributed by atoms with Crippen LogP contribution in [-0.2, 0) is 31.6 Å². The number of halogens is 1. The number of hydrogen-bond acceptors (Lipinski definition) is 11. The second-order valence-corrected chi connectivity index (χ2v) is 11.0. The highest BCUT2D eigenvalue weighted by atomic mass is 31.3. The Hall–Kier alpha value is -1.76. The number of aliphatic hydroxyl groups excluding tert-OH is 1. The third-order valence-electron chi connectivity index (χ3n) is 4.31. The van der Waals surface area contributed by atoms with E-state index in [4.69, 9.17) is 26.7 Å². The molecule has 2 aromatic heterocycles. The molecule has 0 radical (unpaired) electrons. The van der Waals surface area contributed by atoms with Crippen LogP contribution in [-0.4, -0.2) is 57.5 Å². The minimum Gasteiger partial charge on any atom is -0.389 e. The zero-order valence-corrected chi connectivity index (χ0v) is 18.7. The second-order valence-electron chi connectivity index (χ2n) is 6.56. The molecule has 3 rings (SSSR count). The van der Waals surface area contributed by atoms with Crippen molar-refractivity contribution in [2.75, 3.05) is 12.3 Å². The van der Waals surface area contributed by atoms with Gasteiger partial charge in [-0.05, 0) is 0 Å². The summed E-state index contributed by atoms with van der Waals surface area (Å²) in [7, 11) is -16.9. The van der Waals surface area contributed by atoms with Gasteiger partial charge in [-0.15, -0.1) is 6.42 Å². The van der Waals surface area contributed by atoms with Gasteiger partial charge in [0, 0.05) is 12.6 Å². The number of hydrogen-bond donors (Lipinski definition) is 6. The molecule has 33 heavy (non-hydrogen) atoms. The number of nitrogens with zero attached hydrogens (tertiary/aromatic N) is 3. The Bertz CT molecular complexity index is 1260. The summed E-state index contributed by atoms with van der Waals surface area (Å²) in [4.78, 5) is 43.5. The van der Waals surface area contributed by atoms with Gasteiger partial charge in [-0.3, -0.25) is 4.52 Å². The van der Waals surface area contributed by atoms with Crippen molar-refractivity contribution in [3.05, 3.63) is 18.3 Å². The van der Waals surface area contributed by atoms with E-state index in [1.165, 1.54) is 0 Å². The summed E-state index contributed by atoms with van der Waals surface area (Å²) >= 11 is 0. The first kappa shape index (κ1) is 25.9. The lowest BCUT2D eigenvalue weighted by Gasteiger charge is -2.27. The number of anilines is 1. The average Bonchev–Trinajstić information content (AvgIpc) is 3.15. The number of nitrogens with two attached hydrogens (primary N) is 1. The molecule has 4 unspecified atom stereocenters. The summed E-state index contributed by atoms with van der Waals surface area (Å²) < 4.78 is 66.8. The molecule has 1 saturated heterocycles. The normalized spacial score (nSPS) is 27.2. The van der Waals surface area contributed by atoms with Crippen molar-refractivity contribution in [3.8, 4) is 12.3 Å². The van der Waals surface area contributed by atoms with E-state index in [1.807, 2.05) is 5.92 Å². The van der Waals surface area contributed by atoms with Gasteiger partial charge >= 0.3 is 23.5 Å². The molecule has 5 atom stereocenters. The molecule has 3 heterocycles. The van der Waals surface area contributed by atoms with Crippen LogP contribution in [0.15, 0.2) is 12.5 Å². The number of phosphoric acid groups is 3. The average molecular weight is 532 g/mol. The number of phosphoric ester groups is 1. The van der Waals surface area contributed by atoms with E-state index in [0.717, 1.165) is 17.1 Å². The van der Waals surface area contributed by atoms with Crippen molar-refractivity contribution in [1.29, 1.82) is 0 Å². The number of rotatable bonds is 8. The van der Waals surface area contributed by atoms with E-state index >= 15 is 0 Å². The molecule has 0 aromatic carbocycles. The monoisotopic (exact) mass is 532 g/mol. The molecule has 16 nitrogen and oxygen atoms in total. The topological polar surface area (TPSA) is 246 Å². The van der Waals surface area contributed by atoms with Crippen molar-refractivity contribution in [2.45, 2.75) is 24.4 Å². The quantitative estimate of drug-likeness (QED) is 0.196. The van der Waals surface area contributed by atoms with Crippen molar-refractivity contribution < 1.29 is 60.6 Å². The number of aliphatic hydroxyl groups is 1. The first-order valence-corrected chi connectivity index (χ1v) is 13.0. The van der Waals surface area contributed by atoms with Gasteiger partial charge < -0.3 is 39.7 Å². The van der Waals surface area contributed by atoms with Gasteiger partial charge in [0.1, 0.15) is 31.1 Å². The fraction of sp³-hybridized carbons (Fsp3) is 0.385. The van der Waals surface area contributed by atoms with Crippen molar-refractivity contribution in [2.24, 2.45) is 0 Å². The van der Waals surface area contributed by atoms with Crippen LogP contribution >= 0.6 is 23.5 Å². The lowest BCUT2D eigenvalue weighted by Crippen LogP contribution is -2.42. The largest absolute Gasteiger partial charge is 0.490 e. The standard InChI is InChI=1S/C13H16FN4O12P3/c1-2-13(5-27-32(23,24)30-33(25,26)29-31(20,21)22)8(19)3-9(28-13)18-4-7(14)10-11(15)16-6-17-12(10)18/h1,4,6,8-9,19H,3,5H2,(H,23,24)(H,25,26)(H2,15,16,17)(H2,20,21,22)/t8?,9?,13-/m1/s1. The third kappa shape index (κ3) is 5.67. The second kappa shape index (κ2) is 8.79. The lowest BCUT2D eigenvalue weighted by atomic mass is 9.99. The molecule has 1 aliphatic heterocycles. The predicted molar refractivity (Wildman–Crippen MR) is 104 cm³/mol. The molecular formula is C13H16FN4O12P3. The number of fused-ring (bicyclic) bond motifs is 1. The molecule has 182 valence electrons. The molecule has 20 heteroatoms. The van der Waals surface area contributed by atoms with Gasteiger partial charge in [-0.25, -0.2) is 28.1 Å². The zero-order valence-electron chi connectivity index (χ0n) is 16.0. The van der Waals surface area contributed by atoms with E-state index in [0.29, 0.717) is 0 Å². The first-order chi connectivity index (χ1) is 15.1. The number of aromatic nitrogens is 3. The fourth-order valence-electron chi connectivity index (χ4n) is 2.99. The Balaban J connectivity index is 1.79. The maximum atomic E-state index is 14.3. The molecule has 0 amide bonds. The highest BCUT2D eigenvalue weighted by Crippen LogP contribution is 2.66. The third-order valence-corrected chi connectivity index (χ3v) is 8.10. The van der Waals surface area contributed by atoms with Gasteiger partial charge in [0.15, 0.2) is 17.1 Å². The van der Waals surface area contributed by atoms with Crippen LogP contribution in [0.5, 0.6) is 0 Å². The molecule has 0 saturated carbocycles. The van der Waals surface area contributed by atoms with Crippen molar-refractivity contribution >= 4 is 40.3 Å². The minimum absolute atomic E-state index is 0.00194. The van der Waals surface area contributed by atoms with Gasteiger partial charge in [0.05, 0.1) is 5.39 Å². The molecule has 7 N–H and O–H groups in total. The van der Waals surface area contributed by atoms with E-state index in [9.17, 15) is 33.0 Å². The van der Waals surface area contributed by atoms with E-state index < -0.39 is 53.8 Å². The van der Waals surface area contributed by atoms with Crippen molar-refractivity contribution in [3.63, 3.8) is 0 Å². The predicted octanol–water partition coefficient (Wildman–Crippen LogP) is 0.148. The summed E-state index contributed by atoms with van der Waals surface area (Å²) in [5.41, 5.74) is 3.50. The lowest BCUT2D eigenvalue weighted by molar-refractivity contribution is -0.0874. The van der Waals surface area contributed by atoms with Crippen LogP contribution in [0.3, 0.4) is 0 Å². The molecule has 0 spiro atoms. The first-order valence-electron chi connectivity index (χ1n) is 8.46. The van der Waals surface area contributed by atoms with Crippen molar-refractivity contribution in [1.82, 2.24) is 14.5 Å². The summed E-state index contributed by atoms with van der Waals surface area (Å²) in [6.07, 6.45) is 4.40. The minimum atomic E-state index is -5.76. The maximum absolute atomic E-state index is 14.3. The van der Waals surface area contributed by atoms with Gasteiger partial charge in [0.2, 0.25) is 0 Å². The van der Waals surface area contributed by atoms with Crippen LogP contribution in [0.25, 0.3) is 11.0 Å². The highest BCUT2D eigenvalue weighted by Gasteiger charge is 2.51. The summed E-state index contributed by atoms with van der Waals surface area (Å²) in [6, 6.07) is 0. The van der Waals surface area contributed by atoms with E-state index in [2.05, 4.69) is 23.1 Å². The Morgan fingerprint density at radius 2 is 1.94 bits per heavy atom. The number of terminal acetylenes is 1. The number of nitrogen functional groups attached to an aromatic ring is 1. The van der Waals surface area contributed by atoms with Gasteiger partial charge in [-0.1, -0.05) is 5.92 Å². The Labute approximate surface area is 183 Å². The van der Waals surface area contributed by atoms with E-state index in [-0.39, 0.29) is 23.3 Å². The van der Waals surface area contributed by atoms with Crippen LogP contribution in [0, 0.1) is 18.2 Å². The Kier molecular flexibility index (Phi) is 6.89. The zero-order chi connectivity index (χ0) is 24.8. The molecular weight excluding hydrogens is 516 g/mol. The van der Waals surface area contributed by atoms with Crippen LogP contribution in [0.1, 0.15) is 12.6 Å². The summed E-state index contributed by atoms with van der Waals surface area (Å²) in [6.45, 7) is -1.11. The molecule has 0 bridgehead atoms. The number of ether oxygens (including phenoxy) is 1. The Morgan fingerprint density at radius 3 is 2.55 bits per heavy atom. The van der Waals surface area contributed by atoms with Gasteiger partial charge in [0.25, 0.3) is 0 Å². The fourth-order valence-corrected chi connectivity index (χ4v) is 6.04. The van der Waals surface area contributed by atoms with Crippen LogP contribution in [0.4, 0.5) is 10.2 Å². The molecule has 1 fully saturated rings. The van der Waals surface area contributed by atoms with Crippen LogP contribution < -0.4 is 5.73 Å². The van der Waals surface area contributed by atoms with Crippen LogP contribution in [0.2, 0.25) is 0 Å². The Morgan fingerprint density at radius 1 is 1.27 bits per heavy atom. The summed E-state index contributed by atoms with van der Waals surface area (Å²) in [5.74, 6) is 1.07. The molecule has 0 aliphatic carbocycles. The smallest absolute Gasteiger partial charge is 0.389 e.